The zero-order chi connectivity index (χ0) is 15.6. The lowest BCUT2D eigenvalue weighted by atomic mass is 10.1. The van der Waals surface area contributed by atoms with Gasteiger partial charge < -0.3 is 16.8 Å². The molecule has 1 aromatic rings. The number of primary amides is 1. The van der Waals surface area contributed by atoms with E-state index in [1.54, 1.807) is 0 Å². The minimum atomic E-state index is -4.66. The standard InChI is InChI=1S/C11H12F5N3O/c12-10(13,4-17)5-19-8-2-1-6(11(14,15)16)3-7(8)9(18)20/h1-3,19H,4-5,17H2,(H2,18,20). The summed E-state index contributed by atoms with van der Waals surface area (Å²) in [6.07, 6.45) is -4.66. The van der Waals surface area contributed by atoms with Crippen LogP contribution in [0, 0.1) is 0 Å². The van der Waals surface area contributed by atoms with Crippen molar-refractivity contribution in [1.29, 1.82) is 0 Å². The van der Waals surface area contributed by atoms with E-state index >= 15 is 0 Å². The number of amides is 1. The first-order valence-corrected chi connectivity index (χ1v) is 5.39. The zero-order valence-corrected chi connectivity index (χ0v) is 10.1. The first-order chi connectivity index (χ1) is 9.07. The van der Waals surface area contributed by atoms with Gasteiger partial charge in [-0.3, -0.25) is 4.79 Å². The van der Waals surface area contributed by atoms with Crippen molar-refractivity contribution in [3.8, 4) is 0 Å². The first-order valence-electron chi connectivity index (χ1n) is 5.39. The van der Waals surface area contributed by atoms with Gasteiger partial charge >= 0.3 is 6.18 Å². The summed E-state index contributed by atoms with van der Waals surface area (Å²) in [5.74, 6) is -4.41. The number of alkyl halides is 5. The Morgan fingerprint density at radius 2 is 1.80 bits per heavy atom. The van der Waals surface area contributed by atoms with Gasteiger partial charge in [0.05, 0.1) is 24.2 Å². The van der Waals surface area contributed by atoms with Crippen LogP contribution in [0.25, 0.3) is 0 Å². The maximum atomic E-state index is 13.0. The normalized spacial score (nSPS) is 12.3. The van der Waals surface area contributed by atoms with Crippen LogP contribution in [0.4, 0.5) is 27.6 Å². The van der Waals surface area contributed by atoms with E-state index in [9.17, 15) is 26.7 Å². The number of benzene rings is 1. The monoisotopic (exact) mass is 297 g/mol. The topological polar surface area (TPSA) is 81.1 Å². The summed E-state index contributed by atoms with van der Waals surface area (Å²) in [5, 5.41) is 2.17. The summed E-state index contributed by atoms with van der Waals surface area (Å²) in [7, 11) is 0. The van der Waals surface area contributed by atoms with E-state index < -0.39 is 42.2 Å². The third-order valence-electron chi connectivity index (χ3n) is 2.45. The molecule has 0 aromatic heterocycles. The van der Waals surface area contributed by atoms with Crippen molar-refractivity contribution in [3.05, 3.63) is 29.3 Å². The molecule has 0 saturated heterocycles. The average molecular weight is 297 g/mol. The molecular formula is C11H12F5N3O. The number of halogens is 5. The summed E-state index contributed by atoms with van der Waals surface area (Å²) < 4.78 is 63.4. The van der Waals surface area contributed by atoms with Gasteiger partial charge in [0.25, 0.3) is 11.8 Å². The second-order valence-corrected chi connectivity index (χ2v) is 4.04. The van der Waals surface area contributed by atoms with Crippen LogP contribution in [-0.4, -0.2) is 24.9 Å². The zero-order valence-electron chi connectivity index (χ0n) is 10.1. The fourth-order valence-electron chi connectivity index (χ4n) is 1.38. The van der Waals surface area contributed by atoms with E-state index in [1.807, 2.05) is 0 Å². The van der Waals surface area contributed by atoms with E-state index in [0.717, 1.165) is 6.07 Å². The van der Waals surface area contributed by atoms with Crippen molar-refractivity contribution in [1.82, 2.24) is 0 Å². The number of nitrogens with two attached hydrogens (primary N) is 2. The lowest BCUT2D eigenvalue weighted by molar-refractivity contribution is -0.137. The second kappa shape index (κ2) is 5.61. The predicted octanol–water partition coefficient (Wildman–Crippen LogP) is 1.81. The van der Waals surface area contributed by atoms with Crippen LogP contribution in [0.15, 0.2) is 18.2 Å². The van der Waals surface area contributed by atoms with E-state index in [-0.39, 0.29) is 5.69 Å². The smallest absolute Gasteiger partial charge is 0.378 e. The Kier molecular flexibility index (Phi) is 4.53. The summed E-state index contributed by atoms with van der Waals surface area (Å²) in [4.78, 5) is 11.1. The molecule has 5 N–H and O–H groups in total. The van der Waals surface area contributed by atoms with Gasteiger partial charge in [-0.15, -0.1) is 0 Å². The van der Waals surface area contributed by atoms with Crippen LogP contribution < -0.4 is 16.8 Å². The predicted molar refractivity (Wildman–Crippen MR) is 62.5 cm³/mol. The third-order valence-corrected chi connectivity index (χ3v) is 2.45. The highest BCUT2D eigenvalue weighted by molar-refractivity contribution is 5.98. The van der Waals surface area contributed by atoms with Crippen molar-refractivity contribution in [3.63, 3.8) is 0 Å². The largest absolute Gasteiger partial charge is 0.416 e. The summed E-state index contributed by atoms with van der Waals surface area (Å²) >= 11 is 0. The highest BCUT2D eigenvalue weighted by Crippen LogP contribution is 2.32. The Morgan fingerprint density at radius 1 is 1.20 bits per heavy atom. The molecule has 112 valence electrons. The van der Waals surface area contributed by atoms with Gasteiger partial charge in [0.15, 0.2) is 0 Å². The number of hydrogen-bond acceptors (Lipinski definition) is 3. The van der Waals surface area contributed by atoms with E-state index in [1.165, 1.54) is 0 Å². The van der Waals surface area contributed by atoms with E-state index in [2.05, 4.69) is 5.32 Å². The van der Waals surface area contributed by atoms with Gasteiger partial charge in [0, 0.05) is 5.69 Å². The highest BCUT2D eigenvalue weighted by Gasteiger charge is 2.32. The number of hydrogen-bond donors (Lipinski definition) is 3. The fraction of sp³-hybridized carbons (Fsp3) is 0.364. The average Bonchev–Trinajstić information content (AvgIpc) is 2.35. The maximum Gasteiger partial charge on any atom is 0.416 e. The number of rotatable bonds is 5. The minimum absolute atomic E-state index is 0.210. The van der Waals surface area contributed by atoms with Gasteiger partial charge in [-0.25, -0.2) is 8.78 Å². The minimum Gasteiger partial charge on any atom is -0.378 e. The second-order valence-electron chi connectivity index (χ2n) is 4.04. The molecule has 20 heavy (non-hydrogen) atoms. The van der Waals surface area contributed by atoms with Crippen molar-refractivity contribution >= 4 is 11.6 Å². The Balaban J connectivity index is 3.06. The van der Waals surface area contributed by atoms with Crippen LogP contribution in [0.1, 0.15) is 15.9 Å². The molecule has 0 heterocycles. The lowest BCUT2D eigenvalue weighted by Gasteiger charge is -2.17. The van der Waals surface area contributed by atoms with Crippen molar-refractivity contribution in [2.75, 3.05) is 18.4 Å². The van der Waals surface area contributed by atoms with E-state index in [4.69, 9.17) is 11.5 Å². The third kappa shape index (κ3) is 4.05. The highest BCUT2D eigenvalue weighted by atomic mass is 19.4. The molecule has 4 nitrogen and oxygen atoms in total. The molecule has 0 unspecified atom stereocenters. The van der Waals surface area contributed by atoms with Crippen LogP contribution in [0.3, 0.4) is 0 Å². The van der Waals surface area contributed by atoms with Crippen molar-refractivity contribution in [2.45, 2.75) is 12.1 Å². The summed E-state index contributed by atoms with van der Waals surface area (Å²) in [5.41, 5.74) is 7.93. The lowest BCUT2D eigenvalue weighted by Crippen LogP contribution is -2.35. The first kappa shape index (κ1) is 16.2. The van der Waals surface area contributed by atoms with Gasteiger partial charge in [-0.05, 0) is 18.2 Å². The molecule has 0 saturated carbocycles. The molecule has 0 bridgehead atoms. The molecular weight excluding hydrogens is 285 g/mol. The van der Waals surface area contributed by atoms with Crippen molar-refractivity contribution < 1.29 is 26.7 Å². The number of anilines is 1. The molecule has 0 atom stereocenters. The van der Waals surface area contributed by atoms with E-state index in [0.29, 0.717) is 12.1 Å². The molecule has 0 spiro atoms. The number of carbonyl (C=O) groups excluding carboxylic acids is 1. The molecule has 0 aliphatic heterocycles. The molecule has 0 fully saturated rings. The Morgan fingerprint density at radius 3 is 2.25 bits per heavy atom. The molecule has 0 aliphatic carbocycles. The quantitative estimate of drug-likeness (QED) is 0.725. The van der Waals surface area contributed by atoms with Crippen LogP contribution in [0.2, 0.25) is 0 Å². The van der Waals surface area contributed by atoms with Gasteiger partial charge in [0.1, 0.15) is 0 Å². The number of nitrogens with one attached hydrogen (secondary N) is 1. The van der Waals surface area contributed by atoms with Crippen LogP contribution in [0.5, 0.6) is 0 Å². The fourth-order valence-corrected chi connectivity index (χ4v) is 1.38. The maximum absolute atomic E-state index is 13.0. The molecule has 1 amide bonds. The molecule has 0 aliphatic rings. The van der Waals surface area contributed by atoms with Gasteiger partial charge in [0.2, 0.25) is 0 Å². The van der Waals surface area contributed by atoms with Crippen LogP contribution in [-0.2, 0) is 6.18 Å². The Bertz CT molecular complexity index is 501. The molecule has 0 radical (unpaired) electrons. The summed E-state index contributed by atoms with van der Waals surface area (Å²) in [6.45, 7) is -1.86. The van der Waals surface area contributed by atoms with Crippen LogP contribution >= 0.6 is 0 Å². The molecule has 1 rings (SSSR count). The van der Waals surface area contributed by atoms with Crippen molar-refractivity contribution in [2.24, 2.45) is 11.5 Å². The Hall–Kier alpha value is -1.90. The van der Waals surface area contributed by atoms with Gasteiger partial charge in [-0.1, -0.05) is 0 Å². The summed E-state index contributed by atoms with van der Waals surface area (Å²) in [6, 6.07) is 2.04. The SMILES string of the molecule is NCC(F)(F)CNc1ccc(C(F)(F)F)cc1C(N)=O. The molecule has 9 heteroatoms. The van der Waals surface area contributed by atoms with Gasteiger partial charge in [-0.2, -0.15) is 13.2 Å². The Labute approximate surface area is 110 Å². The number of carbonyl (C=O) groups is 1. The molecule has 1 aromatic carbocycles.